The van der Waals surface area contributed by atoms with E-state index in [1.54, 1.807) is 13.0 Å². The van der Waals surface area contributed by atoms with Crippen LogP contribution in [0.1, 0.15) is 60.3 Å². The van der Waals surface area contributed by atoms with Gasteiger partial charge in [0.05, 0.1) is 11.7 Å². The number of aliphatic hydroxyl groups is 3. The molecule has 3 N–H and O–H groups in total. The predicted molar refractivity (Wildman–Crippen MR) is 92.2 cm³/mol. The van der Waals surface area contributed by atoms with Gasteiger partial charge < -0.3 is 15.3 Å². The quantitative estimate of drug-likeness (QED) is 0.594. The number of carbonyl (C=O) groups excluding carboxylic acids is 1. The van der Waals surface area contributed by atoms with Crippen LogP contribution in [0, 0.1) is 29.1 Å². The molecule has 0 unspecified atom stereocenters. The second-order valence-electron chi connectivity index (χ2n) is 9.52. The van der Waals surface area contributed by atoms with E-state index in [2.05, 4.69) is 13.8 Å². The van der Waals surface area contributed by atoms with E-state index in [0.29, 0.717) is 23.8 Å². The van der Waals surface area contributed by atoms with Gasteiger partial charge in [0.2, 0.25) is 0 Å². The van der Waals surface area contributed by atoms with Gasteiger partial charge in [-0.15, -0.1) is 0 Å². The number of ketones is 1. The largest absolute Gasteiger partial charge is 0.388 e. The van der Waals surface area contributed by atoms with E-state index >= 15 is 0 Å². The number of hydrogen-bond acceptors (Lipinski definition) is 4. The van der Waals surface area contributed by atoms with Gasteiger partial charge in [-0.1, -0.05) is 27.7 Å². The van der Waals surface area contributed by atoms with Crippen molar-refractivity contribution in [1.82, 2.24) is 0 Å². The minimum absolute atomic E-state index is 0.193. The molecule has 136 valence electrons. The Morgan fingerprint density at radius 3 is 2.38 bits per heavy atom. The molecule has 0 spiro atoms. The molecule has 0 aliphatic heterocycles. The highest BCUT2D eigenvalue weighted by atomic mass is 16.3. The first kappa shape index (κ1) is 18.1. The number of aliphatic hydroxyl groups excluding tert-OH is 1. The zero-order valence-electron chi connectivity index (χ0n) is 15.5. The summed E-state index contributed by atoms with van der Waals surface area (Å²) >= 11 is 0. The fourth-order valence-electron chi connectivity index (χ4n) is 5.34. The Kier molecular flexibility index (Phi) is 4.06. The third-order valence-corrected chi connectivity index (χ3v) is 7.13. The molecule has 24 heavy (non-hydrogen) atoms. The normalized spacial score (nSPS) is 53.4. The van der Waals surface area contributed by atoms with Gasteiger partial charge in [-0.05, 0) is 67.4 Å². The highest BCUT2D eigenvalue weighted by Gasteiger charge is 2.59. The van der Waals surface area contributed by atoms with Crippen LogP contribution in [0.5, 0.6) is 0 Å². The zero-order valence-corrected chi connectivity index (χ0v) is 15.5. The monoisotopic (exact) mass is 336 g/mol. The molecule has 0 aromatic rings. The molecule has 3 aliphatic carbocycles. The van der Waals surface area contributed by atoms with E-state index in [-0.39, 0.29) is 29.5 Å². The molecular weight excluding hydrogens is 304 g/mol. The molecule has 3 rings (SSSR count). The van der Waals surface area contributed by atoms with Gasteiger partial charge in [0.15, 0.2) is 5.78 Å². The summed E-state index contributed by atoms with van der Waals surface area (Å²) in [5.74, 6) is 0.334. The molecule has 0 heterocycles. The third-order valence-electron chi connectivity index (χ3n) is 7.13. The summed E-state index contributed by atoms with van der Waals surface area (Å²) in [5, 5.41) is 32.5. The maximum Gasteiger partial charge on any atom is 0.171 e. The van der Waals surface area contributed by atoms with E-state index < -0.39 is 17.3 Å². The van der Waals surface area contributed by atoms with Gasteiger partial charge in [0.1, 0.15) is 5.60 Å². The SMILES string of the molecule is C[C@@H]1C[C@@H]2[C@H](CC[C@](C)(O)/C=C3/[C@H](O)[C@@H](C)C[C@@]3(O)C1=O)C2(C)C. The first-order valence-corrected chi connectivity index (χ1v) is 9.30. The molecule has 0 amide bonds. The van der Waals surface area contributed by atoms with Crippen molar-refractivity contribution < 1.29 is 20.1 Å². The average molecular weight is 336 g/mol. The van der Waals surface area contributed by atoms with Crippen LogP contribution in [0.2, 0.25) is 0 Å². The second-order valence-corrected chi connectivity index (χ2v) is 9.52. The first-order valence-electron chi connectivity index (χ1n) is 9.30. The Morgan fingerprint density at radius 2 is 1.75 bits per heavy atom. The van der Waals surface area contributed by atoms with Crippen LogP contribution >= 0.6 is 0 Å². The smallest absolute Gasteiger partial charge is 0.171 e. The Hall–Kier alpha value is -0.710. The van der Waals surface area contributed by atoms with Crippen molar-refractivity contribution in [3.05, 3.63) is 11.6 Å². The number of Topliss-reactive ketones (excluding diaryl/α,β-unsaturated/α-hetero) is 1. The molecule has 0 aromatic heterocycles. The lowest BCUT2D eigenvalue weighted by molar-refractivity contribution is -0.138. The first-order chi connectivity index (χ1) is 10.9. The van der Waals surface area contributed by atoms with Crippen LogP contribution in [0.25, 0.3) is 0 Å². The summed E-state index contributed by atoms with van der Waals surface area (Å²) in [4.78, 5) is 13.1. The van der Waals surface area contributed by atoms with E-state index in [9.17, 15) is 20.1 Å². The molecule has 0 saturated heterocycles. The Bertz CT molecular complexity index is 576. The van der Waals surface area contributed by atoms with Crippen molar-refractivity contribution in [3.63, 3.8) is 0 Å². The summed E-state index contributed by atoms with van der Waals surface area (Å²) in [5.41, 5.74) is -2.25. The summed E-state index contributed by atoms with van der Waals surface area (Å²) in [6.07, 6.45) is 3.20. The number of hydrogen-bond donors (Lipinski definition) is 3. The van der Waals surface area contributed by atoms with E-state index in [1.165, 1.54) is 0 Å². The number of carbonyl (C=O) groups is 1. The van der Waals surface area contributed by atoms with Crippen molar-refractivity contribution >= 4 is 5.78 Å². The van der Waals surface area contributed by atoms with Crippen LogP contribution in [0.4, 0.5) is 0 Å². The molecule has 4 heteroatoms. The minimum Gasteiger partial charge on any atom is -0.388 e. The van der Waals surface area contributed by atoms with Crippen molar-refractivity contribution in [2.45, 2.75) is 77.6 Å². The fourth-order valence-corrected chi connectivity index (χ4v) is 5.34. The van der Waals surface area contributed by atoms with Gasteiger partial charge in [0.25, 0.3) is 0 Å². The molecule has 0 aromatic carbocycles. The van der Waals surface area contributed by atoms with Crippen molar-refractivity contribution in [2.24, 2.45) is 29.1 Å². The molecule has 2 saturated carbocycles. The summed E-state index contributed by atoms with van der Waals surface area (Å²) in [6.45, 7) is 9.92. The van der Waals surface area contributed by atoms with Crippen LogP contribution < -0.4 is 0 Å². The molecule has 0 radical (unpaired) electrons. The number of fused-ring (bicyclic) bond motifs is 2. The van der Waals surface area contributed by atoms with Crippen LogP contribution in [0.15, 0.2) is 11.6 Å². The Morgan fingerprint density at radius 1 is 1.12 bits per heavy atom. The maximum atomic E-state index is 13.1. The maximum absolute atomic E-state index is 13.1. The predicted octanol–water partition coefficient (Wildman–Crippen LogP) is 2.46. The minimum atomic E-state index is -1.64. The summed E-state index contributed by atoms with van der Waals surface area (Å²) in [7, 11) is 0. The standard InChI is InChI=1S/C20H32O4/c1-11-8-14-13(18(14,3)4)6-7-19(5,23)10-15-16(21)12(2)9-20(15,24)17(11)22/h10-14,16,21,23-24H,6-9H2,1-5H3/b15-10-/t11-,12+,13+,14-,16-,19+,20+/m1/s1. The average Bonchev–Trinajstić information content (AvgIpc) is 2.91. The molecule has 7 atom stereocenters. The lowest BCUT2D eigenvalue weighted by Crippen LogP contribution is -2.43. The lowest BCUT2D eigenvalue weighted by atomic mass is 9.80. The fraction of sp³-hybridized carbons (Fsp3) is 0.850. The lowest BCUT2D eigenvalue weighted by Gasteiger charge is -2.30. The molecular formula is C20H32O4. The Balaban J connectivity index is 2.02. The summed E-state index contributed by atoms with van der Waals surface area (Å²) in [6, 6.07) is 0. The molecule has 2 fully saturated rings. The van der Waals surface area contributed by atoms with Crippen LogP contribution in [0.3, 0.4) is 0 Å². The second kappa shape index (κ2) is 5.39. The highest BCUT2D eigenvalue weighted by molar-refractivity contribution is 5.93. The van der Waals surface area contributed by atoms with Crippen LogP contribution in [-0.2, 0) is 4.79 Å². The van der Waals surface area contributed by atoms with Crippen LogP contribution in [-0.4, -0.2) is 38.4 Å². The van der Waals surface area contributed by atoms with E-state index in [1.807, 2.05) is 13.8 Å². The van der Waals surface area contributed by atoms with Gasteiger partial charge in [0, 0.05) is 5.92 Å². The van der Waals surface area contributed by atoms with Crippen molar-refractivity contribution in [3.8, 4) is 0 Å². The number of rotatable bonds is 0. The van der Waals surface area contributed by atoms with E-state index in [4.69, 9.17) is 0 Å². The van der Waals surface area contributed by atoms with Crippen molar-refractivity contribution in [2.75, 3.05) is 0 Å². The topological polar surface area (TPSA) is 77.8 Å². The van der Waals surface area contributed by atoms with Crippen molar-refractivity contribution in [1.29, 1.82) is 0 Å². The van der Waals surface area contributed by atoms with Gasteiger partial charge in [-0.2, -0.15) is 0 Å². The van der Waals surface area contributed by atoms with E-state index in [0.717, 1.165) is 12.8 Å². The third kappa shape index (κ3) is 2.67. The summed E-state index contributed by atoms with van der Waals surface area (Å²) < 4.78 is 0. The Labute approximate surface area is 145 Å². The van der Waals surface area contributed by atoms with Gasteiger partial charge >= 0.3 is 0 Å². The highest BCUT2D eigenvalue weighted by Crippen LogP contribution is 2.63. The molecule has 0 bridgehead atoms. The van der Waals surface area contributed by atoms with Gasteiger partial charge in [-0.3, -0.25) is 4.79 Å². The zero-order chi connectivity index (χ0) is 18.1. The molecule has 3 aliphatic rings. The molecule has 4 nitrogen and oxygen atoms in total. The van der Waals surface area contributed by atoms with Gasteiger partial charge in [-0.25, -0.2) is 0 Å².